The van der Waals surface area contributed by atoms with Gasteiger partial charge in [0.05, 0.1) is 0 Å². The fourth-order valence-corrected chi connectivity index (χ4v) is 0.903. The number of hydrogen-bond donors (Lipinski definition) is 0. The first-order valence-corrected chi connectivity index (χ1v) is 4.24. The van der Waals surface area contributed by atoms with Crippen LogP contribution in [0, 0.1) is 11.3 Å². The lowest BCUT2D eigenvalue weighted by atomic mass is 9.92. The molecule has 58 valence electrons. The van der Waals surface area contributed by atoms with Crippen molar-refractivity contribution in [2.24, 2.45) is 11.3 Å². The van der Waals surface area contributed by atoms with Crippen molar-refractivity contribution in [3.63, 3.8) is 0 Å². The van der Waals surface area contributed by atoms with Crippen LogP contribution in [-0.2, 0) is 0 Å². The average Bonchev–Trinajstić information content (AvgIpc) is 2.45. The number of hydrogen-bond acceptors (Lipinski definition) is 0. The Morgan fingerprint density at radius 3 is 2.30 bits per heavy atom. The van der Waals surface area contributed by atoms with E-state index in [1.807, 2.05) is 0 Å². The molecule has 0 heteroatoms. The molecule has 1 rings (SSSR count). The predicted molar refractivity (Wildman–Crippen MR) is 45.9 cm³/mol. The molecule has 1 aliphatic carbocycles. The summed E-state index contributed by atoms with van der Waals surface area (Å²) in [5.41, 5.74) is 0.478. The molecule has 0 heterocycles. The maximum Gasteiger partial charge on any atom is -0.0233 e. The third kappa shape index (κ3) is 3.71. The highest BCUT2D eigenvalue weighted by Crippen LogP contribution is 2.31. The van der Waals surface area contributed by atoms with Crippen LogP contribution in [0.2, 0.25) is 0 Å². The topological polar surface area (TPSA) is 0 Å². The van der Waals surface area contributed by atoms with Gasteiger partial charge in [-0.1, -0.05) is 32.9 Å². The van der Waals surface area contributed by atoms with E-state index in [-0.39, 0.29) is 0 Å². The minimum Gasteiger partial charge on any atom is -0.0877 e. The molecule has 0 nitrogen and oxygen atoms in total. The standard InChI is InChI=1S/C10H18/c1-10(2,3)8-4-5-9-6-7-9/h4-5,9H,6-8H2,1-3H3/b5-4+. The van der Waals surface area contributed by atoms with Crippen molar-refractivity contribution in [1.82, 2.24) is 0 Å². The van der Waals surface area contributed by atoms with Crippen molar-refractivity contribution in [2.75, 3.05) is 0 Å². The molecule has 0 aromatic rings. The van der Waals surface area contributed by atoms with Gasteiger partial charge in [-0.15, -0.1) is 0 Å². The Balaban J connectivity index is 2.13. The average molecular weight is 138 g/mol. The first kappa shape index (κ1) is 7.84. The molecule has 1 saturated carbocycles. The molecule has 10 heavy (non-hydrogen) atoms. The Morgan fingerprint density at radius 1 is 1.30 bits per heavy atom. The zero-order valence-electron chi connectivity index (χ0n) is 7.35. The Hall–Kier alpha value is -0.260. The predicted octanol–water partition coefficient (Wildman–Crippen LogP) is 3.39. The van der Waals surface area contributed by atoms with Crippen LogP contribution in [0.3, 0.4) is 0 Å². The van der Waals surface area contributed by atoms with Crippen molar-refractivity contribution >= 4 is 0 Å². The SMILES string of the molecule is CC(C)(C)C/C=C/C1CC1. The van der Waals surface area contributed by atoms with Crippen molar-refractivity contribution < 1.29 is 0 Å². The smallest absolute Gasteiger partial charge is 0.0233 e. The summed E-state index contributed by atoms with van der Waals surface area (Å²) in [5, 5.41) is 0. The molecule has 0 spiro atoms. The van der Waals surface area contributed by atoms with Gasteiger partial charge in [-0.05, 0) is 30.6 Å². The lowest BCUT2D eigenvalue weighted by Crippen LogP contribution is -2.01. The summed E-state index contributed by atoms with van der Waals surface area (Å²) < 4.78 is 0. The van der Waals surface area contributed by atoms with E-state index in [1.165, 1.54) is 19.3 Å². The molecule has 0 saturated heterocycles. The summed E-state index contributed by atoms with van der Waals surface area (Å²) in [6.45, 7) is 6.85. The summed E-state index contributed by atoms with van der Waals surface area (Å²) in [4.78, 5) is 0. The second-order valence-corrected chi connectivity index (χ2v) is 4.53. The third-order valence-corrected chi connectivity index (χ3v) is 1.76. The zero-order chi connectivity index (χ0) is 7.61. The van der Waals surface area contributed by atoms with Crippen molar-refractivity contribution in [1.29, 1.82) is 0 Å². The first-order chi connectivity index (χ1) is 4.58. The minimum absolute atomic E-state index is 0.478. The van der Waals surface area contributed by atoms with E-state index in [2.05, 4.69) is 32.9 Å². The van der Waals surface area contributed by atoms with Crippen LogP contribution in [-0.4, -0.2) is 0 Å². The molecule has 1 aliphatic rings. The zero-order valence-corrected chi connectivity index (χ0v) is 7.35. The van der Waals surface area contributed by atoms with Gasteiger partial charge >= 0.3 is 0 Å². The summed E-state index contributed by atoms with van der Waals surface area (Å²) in [5.74, 6) is 0.947. The minimum atomic E-state index is 0.478. The van der Waals surface area contributed by atoms with Crippen LogP contribution in [0.15, 0.2) is 12.2 Å². The second kappa shape index (κ2) is 2.77. The molecule has 0 N–H and O–H groups in total. The van der Waals surface area contributed by atoms with Gasteiger partial charge in [0.1, 0.15) is 0 Å². The fourth-order valence-electron chi connectivity index (χ4n) is 0.903. The van der Waals surface area contributed by atoms with Crippen LogP contribution in [0.25, 0.3) is 0 Å². The van der Waals surface area contributed by atoms with Crippen LogP contribution >= 0.6 is 0 Å². The van der Waals surface area contributed by atoms with Crippen LogP contribution < -0.4 is 0 Å². The summed E-state index contributed by atoms with van der Waals surface area (Å²) in [6, 6.07) is 0. The largest absolute Gasteiger partial charge is 0.0877 e. The van der Waals surface area contributed by atoms with E-state index in [1.54, 1.807) is 0 Å². The van der Waals surface area contributed by atoms with E-state index in [0.29, 0.717) is 5.41 Å². The molecule has 0 radical (unpaired) electrons. The molecular formula is C10H18. The van der Waals surface area contributed by atoms with Gasteiger partial charge in [0, 0.05) is 0 Å². The van der Waals surface area contributed by atoms with Crippen LogP contribution in [0.5, 0.6) is 0 Å². The molecular weight excluding hydrogens is 120 g/mol. The molecule has 0 bridgehead atoms. The third-order valence-electron chi connectivity index (χ3n) is 1.76. The summed E-state index contributed by atoms with van der Waals surface area (Å²) in [7, 11) is 0. The number of rotatable bonds is 2. The number of allylic oxidation sites excluding steroid dienone is 2. The Labute approximate surface area is 64.3 Å². The van der Waals surface area contributed by atoms with E-state index in [9.17, 15) is 0 Å². The van der Waals surface area contributed by atoms with Crippen molar-refractivity contribution in [2.45, 2.75) is 40.0 Å². The van der Waals surface area contributed by atoms with Gasteiger partial charge in [-0.2, -0.15) is 0 Å². The van der Waals surface area contributed by atoms with Gasteiger partial charge in [0.2, 0.25) is 0 Å². The summed E-state index contributed by atoms with van der Waals surface area (Å²) >= 11 is 0. The highest BCUT2D eigenvalue weighted by Gasteiger charge is 2.17. The maximum atomic E-state index is 2.38. The molecule has 0 aromatic heterocycles. The van der Waals surface area contributed by atoms with Crippen molar-refractivity contribution in [3.8, 4) is 0 Å². The first-order valence-electron chi connectivity index (χ1n) is 4.24. The Bertz CT molecular complexity index is 121. The molecule has 0 atom stereocenters. The lowest BCUT2D eigenvalue weighted by Gasteiger charge is -2.14. The molecule has 0 aromatic carbocycles. The van der Waals surface area contributed by atoms with E-state index in [4.69, 9.17) is 0 Å². The molecule has 0 amide bonds. The quantitative estimate of drug-likeness (QED) is 0.513. The van der Waals surface area contributed by atoms with E-state index >= 15 is 0 Å². The second-order valence-electron chi connectivity index (χ2n) is 4.53. The van der Waals surface area contributed by atoms with Gasteiger partial charge in [-0.25, -0.2) is 0 Å². The van der Waals surface area contributed by atoms with Gasteiger partial charge < -0.3 is 0 Å². The van der Waals surface area contributed by atoms with E-state index in [0.717, 1.165) is 5.92 Å². The lowest BCUT2D eigenvalue weighted by molar-refractivity contribution is 0.420. The van der Waals surface area contributed by atoms with Crippen LogP contribution in [0.4, 0.5) is 0 Å². The Morgan fingerprint density at radius 2 is 1.90 bits per heavy atom. The van der Waals surface area contributed by atoms with Crippen LogP contribution in [0.1, 0.15) is 40.0 Å². The summed E-state index contributed by atoms with van der Waals surface area (Å²) in [6.07, 6.45) is 8.81. The molecule has 0 unspecified atom stereocenters. The normalized spacial score (nSPS) is 20.3. The Kier molecular flexibility index (Phi) is 2.18. The highest BCUT2D eigenvalue weighted by atomic mass is 14.2. The fraction of sp³-hybridized carbons (Fsp3) is 0.800. The maximum absolute atomic E-state index is 2.38. The molecule has 0 aliphatic heterocycles. The highest BCUT2D eigenvalue weighted by molar-refractivity contribution is 4.97. The monoisotopic (exact) mass is 138 g/mol. The van der Waals surface area contributed by atoms with Crippen molar-refractivity contribution in [3.05, 3.63) is 12.2 Å². The van der Waals surface area contributed by atoms with Gasteiger partial charge in [0.15, 0.2) is 0 Å². The van der Waals surface area contributed by atoms with Gasteiger partial charge in [-0.3, -0.25) is 0 Å². The molecule has 1 fully saturated rings. The van der Waals surface area contributed by atoms with Gasteiger partial charge in [0.25, 0.3) is 0 Å². The van der Waals surface area contributed by atoms with E-state index < -0.39 is 0 Å².